The number of hydrogen-bond acceptors (Lipinski definition) is 6. The van der Waals surface area contributed by atoms with Crippen LogP contribution in [0.25, 0.3) is 0 Å². The van der Waals surface area contributed by atoms with Gasteiger partial charge in [-0.25, -0.2) is 0 Å². The van der Waals surface area contributed by atoms with E-state index >= 15 is 0 Å². The smallest absolute Gasteiger partial charge is 0.252 e. The van der Waals surface area contributed by atoms with Gasteiger partial charge in [0.05, 0.1) is 31.4 Å². The molecule has 0 radical (unpaired) electrons. The number of carbonyl (C=O) groups is 3. The first-order chi connectivity index (χ1) is 14.8. The molecule has 0 bridgehead atoms. The zero-order valence-electron chi connectivity index (χ0n) is 17.5. The van der Waals surface area contributed by atoms with Gasteiger partial charge in [0.25, 0.3) is 5.91 Å². The standard InChI is InChI=1S/C22H24ClN3O5/c1-13(27)24-17-6-5-15(11-16(17)23)25-18-12-21(28)26(22(18)29)9-8-14-4-7-19(30-2)20(10-14)31-3/h4-7,10-11,18,25H,8-9,12H2,1-3H3,(H,24,27)/t18-/m0/s1. The molecule has 0 spiro atoms. The quantitative estimate of drug-likeness (QED) is 0.606. The van der Waals surface area contributed by atoms with Crippen molar-refractivity contribution in [3.05, 3.63) is 47.0 Å². The van der Waals surface area contributed by atoms with E-state index < -0.39 is 6.04 Å². The minimum absolute atomic E-state index is 0.0653. The Morgan fingerprint density at radius 3 is 2.52 bits per heavy atom. The van der Waals surface area contributed by atoms with Crippen LogP contribution in [0, 0.1) is 0 Å². The van der Waals surface area contributed by atoms with Crippen LogP contribution in [0.3, 0.4) is 0 Å². The first-order valence-electron chi connectivity index (χ1n) is 9.71. The average molecular weight is 446 g/mol. The Morgan fingerprint density at radius 1 is 1.13 bits per heavy atom. The largest absolute Gasteiger partial charge is 0.493 e. The fourth-order valence-electron chi connectivity index (χ4n) is 3.40. The molecule has 164 valence electrons. The van der Waals surface area contributed by atoms with Gasteiger partial charge in [-0.15, -0.1) is 0 Å². The van der Waals surface area contributed by atoms with E-state index in [0.717, 1.165) is 5.56 Å². The van der Waals surface area contributed by atoms with Crippen molar-refractivity contribution in [1.82, 2.24) is 4.90 Å². The fourth-order valence-corrected chi connectivity index (χ4v) is 3.63. The lowest BCUT2D eigenvalue weighted by Gasteiger charge is -2.17. The molecule has 31 heavy (non-hydrogen) atoms. The highest BCUT2D eigenvalue weighted by Crippen LogP contribution is 2.29. The molecule has 0 saturated carbocycles. The Bertz CT molecular complexity index is 1010. The van der Waals surface area contributed by atoms with Gasteiger partial charge in [-0.05, 0) is 42.3 Å². The van der Waals surface area contributed by atoms with Crippen molar-refractivity contribution in [3.8, 4) is 11.5 Å². The molecule has 3 amide bonds. The number of benzene rings is 2. The van der Waals surface area contributed by atoms with E-state index in [9.17, 15) is 14.4 Å². The third-order valence-electron chi connectivity index (χ3n) is 4.94. The topological polar surface area (TPSA) is 97.0 Å². The minimum Gasteiger partial charge on any atom is -0.493 e. The number of halogens is 1. The molecule has 0 aliphatic carbocycles. The molecule has 8 nitrogen and oxygen atoms in total. The molecule has 1 aliphatic rings. The Morgan fingerprint density at radius 2 is 1.87 bits per heavy atom. The number of methoxy groups -OCH3 is 2. The van der Waals surface area contributed by atoms with Crippen LogP contribution in [0.15, 0.2) is 36.4 Å². The number of rotatable bonds is 8. The number of nitrogens with zero attached hydrogens (tertiary/aromatic N) is 1. The second-order valence-electron chi connectivity index (χ2n) is 7.10. The maximum atomic E-state index is 12.8. The molecule has 1 saturated heterocycles. The highest BCUT2D eigenvalue weighted by atomic mass is 35.5. The second-order valence-corrected chi connectivity index (χ2v) is 7.51. The second kappa shape index (κ2) is 9.70. The summed E-state index contributed by atoms with van der Waals surface area (Å²) in [5, 5.41) is 6.01. The van der Waals surface area contributed by atoms with E-state index in [4.69, 9.17) is 21.1 Å². The Hall–Kier alpha value is -3.26. The summed E-state index contributed by atoms with van der Waals surface area (Å²) in [5.41, 5.74) is 1.99. The summed E-state index contributed by atoms with van der Waals surface area (Å²) in [6.07, 6.45) is 0.567. The molecule has 1 aliphatic heterocycles. The van der Waals surface area contributed by atoms with Gasteiger partial charge in [0, 0.05) is 19.2 Å². The van der Waals surface area contributed by atoms with Crippen LogP contribution in [0.1, 0.15) is 18.9 Å². The molecule has 2 aromatic carbocycles. The summed E-state index contributed by atoms with van der Waals surface area (Å²) < 4.78 is 10.5. The van der Waals surface area contributed by atoms with Gasteiger partial charge in [-0.2, -0.15) is 0 Å². The third-order valence-corrected chi connectivity index (χ3v) is 5.25. The van der Waals surface area contributed by atoms with Crippen LogP contribution < -0.4 is 20.1 Å². The van der Waals surface area contributed by atoms with Crippen LogP contribution in [-0.4, -0.2) is 49.4 Å². The van der Waals surface area contributed by atoms with Crippen LogP contribution in [0.4, 0.5) is 11.4 Å². The first kappa shape index (κ1) is 22.4. The predicted octanol–water partition coefficient (Wildman–Crippen LogP) is 3.10. The maximum absolute atomic E-state index is 12.8. The monoisotopic (exact) mass is 445 g/mol. The molecule has 1 atom stereocenters. The van der Waals surface area contributed by atoms with E-state index in [1.165, 1.54) is 11.8 Å². The van der Waals surface area contributed by atoms with Crippen molar-refractivity contribution in [3.63, 3.8) is 0 Å². The number of hydrogen-bond donors (Lipinski definition) is 2. The summed E-state index contributed by atoms with van der Waals surface area (Å²) in [4.78, 5) is 37.6. The van der Waals surface area contributed by atoms with Crippen molar-refractivity contribution >= 4 is 40.7 Å². The van der Waals surface area contributed by atoms with E-state index in [-0.39, 0.29) is 30.7 Å². The number of imide groups is 1. The maximum Gasteiger partial charge on any atom is 0.252 e. The lowest BCUT2D eigenvalue weighted by atomic mass is 10.1. The number of nitrogens with one attached hydrogen (secondary N) is 2. The lowest BCUT2D eigenvalue weighted by molar-refractivity contribution is -0.138. The van der Waals surface area contributed by atoms with Crippen LogP contribution in [0.5, 0.6) is 11.5 Å². The van der Waals surface area contributed by atoms with E-state index in [1.54, 1.807) is 38.5 Å². The summed E-state index contributed by atoms with van der Waals surface area (Å²) in [6, 6.07) is 9.78. The van der Waals surface area contributed by atoms with Crippen LogP contribution >= 0.6 is 11.6 Å². The Labute approximate surface area is 185 Å². The average Bonchev–Trinajstić information content (AvgIpc) is 3.00. The van der Waals surface area contributed by atoms with E-state index in [2.05, 4.69) is 10.6 Å². The molecule has 2 N–H and O–H groups in total. The summed E-state index contributed by atoms with van der Waals surface area (Å²) in [6.45, 7) is 1.66. The summed E-state index contributed by atoms with van der Waals surface area (Å²) >= 11 is 6.18. The minimum atomic E-state index is -0.666. The zero-order chi connectivity index (χ0) is 22.5. The van der Waals surface area contributed by atoms with Crippen molar-refractivity contribution in [1.29, 1.82) is 0 Å². The van der Waals surface area contributed by atoms with Crippen molar-refractivity contribution in [2.24, 2.45) is 0 Å². The molecule has 2 aromatic rings. The number of amides is 3. The molecule has 3 rings (SSSR count). The number of likely N-dealkylation sites (tertiary alicyclic amines) is 1. The van der Waals surface area contributed by atoms with Crippen molar-refractivity contribution < 1.29 is 23.9 Å². The van der Waals surface area contributed by atoms with Gasteiger partial charge in [0.2, 0.25) is 11.8 Å². The predicted molar refractivity (Wildman–Crippen MR) is 118 cm³/mol. The SMILES string of the molecule is COc1ccc(CCN2C(=O)C[C@H](Nc3ccc(NC(C)=O)c(Cl)c3)C2=O)cc1OC. The molecule has 9 heteroatoms. The summed E-state index contributed by atoms with van der Waals surface area (Å²) in [5.74, 6) is 0.464. The van der Waals surface area contributed by atoms with Gasteiger partial charge in [-0.1, -0.05) is 17.7 Å². The van der Waals surface area contributed by atoms with Crippen LogP contribution in [-0.2, 0) is 20.8 Å². The molecule has 1 fully saturated rings. The molecule has 0 aromatic heterocycles. The Kier molecular flexibility index (Phi) is 7.02. The lowest BCUT2D eigenvalue weighted by Crippen LogP contribution is -2.36. The number of carbonyl (C=O) groups excluding carboxylic acids is 3. The van der Waals surface area contributed by atoms with Gasteiger partial charge >= 0.3 is 0 Å². The van der Waals surface area contributed by atoms with Crippen molar-refractivity contribution in [2.45, 2.75) is 25.8 Å². The van der Waals surface area contributed by atoms with Crippen LogP contribution in [0.2, 0.25) is 5.02 Å². The van der Waals surface area contributed by atoms with Gasteiger partial charge in [0.1, 0.15) is 6.04 Å². The molecule has 1 heterocycles. The zero-order valence-corrected chi connectivity index (χ0v) is 18.3. The Balaban J connectivity index is 1.63. The first-order valence-corrected chi connectivity index (χ1v) is 10.1. The van der Waals surface area contributed by atoms with Gasteiger partial charge < -0.3 is 20.1 Å². The molecular formula is C22H24ClN3O5. The highest BCUT2D eigenvalue weighted by Gasteiger charge is 2.38. The molecule has 0 unspecified atom stereocenters. The van der Waals surface area contributed by atoms with Gasteiger partial charge in [-0.3, -0.25) is 19.3 Å². The van der Waals surface area contributed by atoms with Crippen molar-refractivity contribution in [2.75, 3.05) is 31.4 Å². The third kappa shape index (κ3) is 5.27. The molecular weight excluding hydrogens is 422 g/mol. The normalized spacial score (nSPS) is 15.7. The van der Waals surface area contributed by atoms with Gasteiger partial charge in [0.15, 0.2) is 11.5 Å². The summed E-state index contributed by atoms with van der Waals surface area (Å²) in [7, 11) is 3.12. The number of ether oxygens (including phenoxy) is 2. The van der Waals surface area contributed by atoms with E-state index in [0.29, 0.717) is 34.3 Å². The highest BCUT2D eigenvalue weighted by molar-refractivity contribution is 6.34. The van der Waals surface area contributed by atoms with E-state index in [1.807, 2.05) is 12.1 Å². The number of anilines is 2. The fraction of sp³-hybridized carbons (Fsp3) is 0.318.